The largest absolute Gasteiger partial charge is 0.477 e. The summed E-state index contributed by atoms with van der Waals surface area (Å²) in [4.78, 5) is 36.9. The number of carboxylic acid groups (broad SMARTS) is 1. The second kappa shape index (κ2) is 36.3. The highest BCUT2D eigenvalue weighted by atomic mass is 16.6. The van der Waals surface area contributed by atoms with Gasteiger partial charge in [0.25, 0.3) is 0 Å². The minimum atomic E-state index is -0.871. The number of hydrogen-bond donors (Lipinski definition) is 1. The van der Waals surface area contributed by atoms with E-state index in [1.807, 2.05) is 21.1 Å². The van der Waals surface area contributed by atoms with Gasteiger partial charge in [-0.25, -0.2) is 4.79 Å². The van der Waals surface area contributed by atoms with E-state index >= 15 is 0 Å². The first-order valence-electron chi connectivity index (χ1n) is 22.1. The number of unbranched alkanes of at least 4 members (excludes halogenated alkanes) is 26. The van der Waals surface area contributed by atoms with Crippen LogP contribution in [-0.4, -0.2) is 80.6 Å². The van der Waals surface area contributed by atoms with Crippen molar-refractivity contribution in [1.29, 1.82) is 0 Å². The minimum absolute atomic E-state index is 0.0423. The topological polar surface area (TPSA) is 99.1 Å². The van der Waals surface area contributed by atoms with Crippen molar-refractivity contribution in [3.05, 3.63) is 0 Å². The molecule has 0 heterocycles. The molecule has 308 valence electrons. The molecular weight excluding hydrogens is 654 g/mol. The van der Waals surface area contributed by atoms with E-state index < -0.39 is 18.1 Å². The maximum absolute atomic E-state index is 12.7. The molecule has 0 aromatic heterocycles. The molecule has 52 heavy (non-hydrogen) atoms. The molecule has 0 fully saturated rings. The normalized spacial score (nSPS) is 12.9. The molecule has 0 saturated heterocycles. The van der Waals surface area contributed by atoms with Crippen molar-refractivity contribution in [2.45, 2.75) is 225 Å². The Bertz CT molecular complexity index is 828. The Balaban J connectivity index is 4.28. The number of likely N-dealkylation sites (N-methyl/N-ethyl adjacent to an activating group) is 1. The Morgan fingerprint density at radius 1 is 0.500 bits per heavy atom. The number of carboxylic acids is 1. The summed E-state index contributed by atoms with van der Waals surface area (Å²) in [5.74, 6) is -1.45. The van der Waals surface area contributed by atoms with E-state index in [0.29, 0.717) is 19.3 Å². The zero-order chi connectivity index (χ0) is 38.5. The summed E-state index contributed by atoms with van der Waals surface area (Å²) in [7, 11) is 5.54. The van der Waals surface area contributed by atoms with E-state index in [2.05, 4.69) is 13.8 Å². The number of esters is 2. The minimum Gasteiger partial charge on any atom is -0.477 e. The lowest BCUT2D eigenvalue weighted by Crippen LogP contribution is -2.50. The molecule has 2 atom stereocenters. The number of carbonyl (C=O) groups excluding carboxylic acids is 2. The Morgan fingerprint density at radius 3 is 1.19 bits per heavy atom. The van der Waals surface area contributed by atoms with E-state index in [9.17, 15) is 19.5 Å². The molecular formula is C44H86NO7+. The quantitative estimate of drug-likeness (QED) is 0.0379. The van der Waals surface area contributed by atoms with Crippen LogP contribution in [0.1, 0.15) is 213 Å². The van der Waals surface area contributed by atoms with Crippen molar-refractivity contribution in [1.82, 2.24) is 0 Å². The number of rotatable bonds is 40. The predicted molar refractivity (Wildman–Crippen MR) is 216 cm³/mol. The molecule has 0 saturated carbocycles. The van der Waals surface area contributed by atoms with Gasteiger partial charge in [0.05, 0.1) is 34.4 Å². The molecule has 0 radical (unpaired) electrons. The first-order valence-corrected chi connectivity index (χ1v) is 22.1. The van der Waals surface area contributed by atoms with Crippen LogP contribution in [0.5, 0.6) is 0 Å². The number of ether oxygens (including phenoxy) is 3. The number of carbonyl (C=O) groups is 3. The lowest BCUT2D eigenvalue weighted by Gasteiger charge is -2.31. The predicted octanol–water partition coefficient (Wildman–Crippen LogP) is 11.8. The Hall–Kier alpha value is -1.67. The van der Waals surface area contributed by atoms with Crippen molar-refractivity contribution in [3.63, 3.8) is 0 Å². The third-order valence-electron chi connectivity index (χ3n) is 10.3. The van der Waals surface area contributed by atoms with Gasteiger partial charge in [0, 0.05) is 19.3 Å². The fraction of sp³-hybridized carbons (Fsp3) is 0.932. The zero-order valence-electron chi connectivity index (χ0n) is 35.0. The summed E-state index contributed by atoms with van der Waals surface area (Å²) >= 11 is 0. The van der Waals surface area contributed by atoms with Gasteiger partial charge in [0.2, 0.25) is 0 Å². The van der Waals surface area contributed by atoms with Crippen molar-refractivity contribution in [3.8, 4) is 0 Å². The molecule has 0 aliphatic carbocycles. The summed E-state index contributed by atoms with van der Waals surface area (Å²) in [5.41, 5.74) is 0. The highest BCUT2D eigenvalue weighted by Gasteiger charge is 2.31. The summed E-state index contributed by atoms with van der Waals surface area (Å²) in [6, 6.07) is -0.607. The van der Waals surface area contributed by atoms with Crippen LogP contribution < -0.4 is 0 Å². The van der Waals surface area contributed by atoms with Crippen LogP contribution in [0.3, 0.4) is 0 Å². The van der Waals surface area contributed by atoms with Crippen LogP contribution in [0.4, 0.5) is 0 Å². The van der Waals surface area contributed by atoms with Crippen LogP contribution >= 0.6 is 0 Å². The molecule has 0 bridgehead atoms. The molecule has 0 aromatic carbocycles. The van der Waals surface area contributed by atoms with Crippen LogP contribution in [0, 0.1) is 0 Å². The second-order valence-corrected chi connectivity index (χ2v) is 16.3. The van der Waals surface area contributed by atoms with E-state index in [0.717, 1.165) is 38.5 Å². The molecule has 0 spiro atoms. The van der Waals surface area contributed by atoms with Gasteiger partial charge in [0.1, 0.15) is 6.61 Å². The van der Waals surface area contributed by atoms with Gasteiger partial charge in [-0.05, 0) is 12.8 Å². The van der Waals surface area contributed by atoms with E-state index in [-0.39, 0.29) is 36.2 Å². The van der Waals surface area contributed by atoms with E-state index in [4.69, 9.17) is 14.2 Å². The standard InChI is InChI=1S/C44H85NO7/c1-6-8-10-12-14-16-18-19-20-21-22-23-25-27-29-31-33-35-43(47)52-40(38-50-37-36-41(44(48)49)45(3,4)5)39-51-42(46)34-32-30-28-26-24-17-15-13-11-9-7-2/h40-41H,6-39H2,1-5H3/p+1. The number of quaternary nitrogens is 1. The molecule has 0 rings (SSSR count). The summed E-state index contributed by atoms with van der Waals surface area (Å²) in [6.45, 7) is 4.76. The summed E-state index contributed by atoms with van der Waals surface area (Å²) < 4.78 is 17.3. The molecule has 8 nitrogen and oxygen atoms in total. The van der Waals surface area contributed by atoms with Gasteiger partial charge >= 0.3 is 17.9 Å². The van der Waals surface area contributed by atoms with E-state index in [1.165, 1.54) is 141 Å². The molecule has 2 unspecified atom stereocenters. The van der Waals surface area contributed by atoms with Crippen molar-refractivity contribution in [2.24, 2.45) is 0 Å². The highest BCUT2D eigenvalue weighted by Crippen LogP contribution is 2.16. The summed E-state index contributed by atoms with van der Waals surface area (Å²) in [6.07, 6.45) is 35.7. The fourth-order valence-electron chi connectivity index (χ4n) is 6.80. The first-order chi connectivity index (χ1) is 25.1. The maximum Gasteiger partial charge on any atom is 0.362 e. The summed E-state index contributed by atoms with van der Waals surface area (Å²) in [5, 5.41) is 9.60. The molecule has 0 aromatic rings. The Morgan fingerprint density at radius 2 is 0.846 bits per heavy atom. The molecule has 0 aliphatic heterocycles. The van der Waals surface area contributed by atoms with Crippen LogP contribution in [0.25, 0.3) is 0 Å². The lowest BCUT2D eigenvalue weighted by molar-refractivity contribution is -0.887. The smallest absolute Gasteiger partial charge is 0.362 e. The molecule has 0 aliphatic rings. The average molecular weight is 741 g/mol. The van der Waals surface area contributed by atoms with Crippen molar-refractivity contribution < 1.29 is 38.2 Å². The monoisotopic (exact) mass is 741 g/mol. The van der Waals surface area contributed by atoms with Gasteiger partial charge < -0.3 is 23.8 Å². The SMILES string of the molecule is CCCCCCCCCCCCCCCCCCCC(=O)OC(COCCC(C(=O)O)[N+](C)(C)C)COC(=O)CCCCCCCCCCCCC. The van der Waals surface area contributed by atoms with Crippen LogP contribution in [0.15, 0.2) is 0 Å². The Kier molecular flexibility index (Phi) is 35.1. The van der Waals surface area contributed by atoms with Gasteiger partial charge in [-0.2, -0.15) is 0 Å². The molecule has 8 heteroatoms. The van der Waals surface area contributed by atoms with Gasteiger partial charge in [-0.15, -0.1) is 0 Å². The number of nitrogens with zero attached hydrogens (tertiary/aromatic N) is 1. The number of aliphatic carboxylic acids is 1. The maximum atomic E-state index is 12.7. The first kappa shape index (κ1) is 50.3. The average Bonchev–Trinajstić information content (AvgIpc) is 3.09. The van der Waals surface area contributed by atoms with Gasteiger partial charge in [-0.3, -0.25) is 9.59 Å². The number of hydrogen-bond acceptors (Lipinski definition) is 6. The van der Waals surface area contributed by atoms with E-state index in [1.54, 1.807) is 0 Å². The van der Waals surface area contributed by atoms with Gasteiger partial charge in [-0.1, -0.05) is 181 Å². The second-order valence-electron chi connectivity index (χ2n) is 16.3. The van der Waals surface area contributed by atoms with Crippen molar-refractivity contribution >= 4 is 17.9 Å². The third-order valence-corrected chi connectivity index (χ3v) is 10.3. The fourth-order valence-corrected chi connectivity index (χ4v) is 6.80. The zero-order valence-corrected chi connectivity index (χ0v) is 35.0. The van der Waals surface area contributed by atoms with Gasteiger partial charge in [0.15, 0.2) is 12.1 Å². The van der Waals surface area contributed by atoms with Crippen molar-refractivity contribution in [2.75, 3.05) is 41.0 Å². The van der Waals surface area contributed by atoms with Crippen LogP contribution in [-0.2, 0) is 28.6 Å². The third kappa shape index (κ3) is 34.1. The Labute approximate surface area is 321 Å². The lowest BCUT2D eigenvalue weighted by atomic mass is 10.0. The van der Waals surface area contributed by atoms with Crippen LogP contribution in [0.2, 0.25) is 0 Å². The molecule has 0 amide bonds. The molecule has 1 N–H and O–H groups in total. The highest BCUT2D eigenvalue weighted by molar-refractivity contribution is 5.72.